The van der Waals surface area contributed by atoms with Crippen LogP contribution in [0.1, 0.15) is 67.1 Å². The third-order valence-corrected chi connectivity index (χ3v) is 8.66. The highest BCUT2D eigenvalue weighted by molar-refractivity contribution is 7.89. The zero-order valence-corrected chi connectivity index (χ0v) is 23.5. The molecule has 1 saturated carbocycles. The van der Waals surface area contributed by atoms with Crippen LogP contribution in [-0.2, 0) is 38.9 Å². The van der Waals surface area contributed by atoms with Crippen molar-refractivity contribution in [1.82, 2.24) is 19.2 Å². The van der Waals surface area contributed by atoms with Crippen LogP contribution in [0.15, 0.2) is 42.5 Å². The van der Waals surface area contributed by atoms with Crippen LogP contribution in [0, 0.1) is 5.92 Å². The number of amides is 2. The van der Waals surface area contributed by atoms with Crippen LogP contribution < -0.4 is 4.72 Å². The molecule has 208 valence electrons. The molecule has 0 spiro atoms. The quantitative estimate of drug-likeness (QED) is 0.488. The number of imidazole rings is 1. The van der Waals surface area contributed by atoms with Crippen LogP contribution in [0.25, 0.3) is 11.0 Å². The van der Waals surface area contributed by atoms with Gasteiger partial charge in [0, 0.05) is 30.0 Å². The molecule has 0 radical (unpaired) electrons. The molecule has 3 aromatic rings. The number of hydrogen-bond donors (Lipinski definition) is 1. The third-order valence-electron chi connectivity index (χ3n) is 8.09. The topological polar surface area (TPSA) is 111 Å². The molecule has 10 heteroatoms. The first-order chi connectivity index (χ1) is 18.6. The van der Waals surface area contributed by atoms with Gasteiger partial charge in [0.1, 0.15) is 5.82 Å². The Morgan fingerprint density at radius 1 is 1.10 bits per heavy atom. The summed E-state index contributed by atoms with van der Waals surface area (Å²) in [7, 11) is -2.17. The number of carbonyl (C=O) groups is 2. The monoisotopic (exact) mass is 552 g/mol. The Bertz CT molecular complexity index is 1480. The van der Waals surface area contributed by atoms with Gasteiger partial charge in [-0.05, 0) is 62.6 Å². The number of methoxy groups -OCH3 is 1. The minimum Gasteiger partial charge on any atom is -0.453 e. The summed E-state index contributed by atoms with van der Waals surface area (Å²) in [6, 6.07) is 14.8. The van der Waals surface area contributed by atoms with Crippen molar-refractivity contribution in [3.05, 3.63) is 65.0 Å². The lowest BCUT2D eigenvalue weighted by Crippen LogP contribution is -2.36. The second kappa shape index (κ2) is 11.0. The summed E-state index contributed by atoms with van der Waals surface area (Å²) in [4.78, 5) is 31.8. The van der Waals surface area contributed by atoms with Crippen molar-refractivity contribution in [3.63, 3.8) is 0 Å². The van der Waals surface area contributed by atoms with E-state index in [-0.39, 0.29) is 24.0 Å². The first-order valence-electron chi connectivity index (χ1n) is 13.6. The van der Waals surface area contributed by atoms with Gasteiger partial charge in [-0.3, -0.25) is 9.52 Å². The molecule has 1 atom stereocenters. The van der Waals surface area contributed by atoms with Gasteiger partial charge in [-0.25, -0.2) is 18.2 Å². The van der Waals surface area contributed by atoms with Crippen molar-refractivity contribution in [2.45, 2.75) is 64.0 Å². The summed E-state index contributed by atoms with van der Waals surface area (Å²) < 4.78 is 32.6. The standard InChI is InChI=1S/C29H36N4O5S/c1-19(17-20-7-5-4-6-8-20)33-25-14-13-21-15-16-32(29(35)38-2)18-24(21)26(25)30-27(33)22-9-11-23(12-10-22)28(34)31-39(3,36)37/h4-8,13-14,19,22-23H,9-12,15-18H2,1-3H3,(H,31,34)/t19-,22?,23?/m0/s1. The molecule has 2 aromatic carbocycles. The maximum absolute atomic E-state index is 12.5. The van der Waals surface area contributed by atoms with Crippen molar-refractivity contribution >= 4 is 33.1 Å². The zero-order valence-electron chi connectivity index (χ0n) is 22.7. The molecule has 1 aliphatic heterocycles. The molecule has 0 saturated heterocycles. The summed E-state index contributed by atoms with van der Waals surface area (Å²) in [5.41, 5.74) is 5.49. The molecule has 1 N–H and O–H groups in total. The highest BCUT2D eigenvalue weighted by Gasteiger charge is 2.33. The van der Waals surface area contributed by atoms with Gasteiger partial charge in [-0.1, -0.05) is 36.4 Å². The lowest BCUT2D eigenvalue weighted by molar-refractivity contribution is -0.124. The number of ether oxygens (including phenoxy) is 1. The van der Waals surface area contributed by atoms with E-state index in [2.05, 4.69) is 52.6 Å². The number of carbonyl (C=O) groups excluding carboxylic acids is 2. The fourth-order valence-electron chi connectivity index (χ4n) is 6.18. The average Bonchev–Trinajstić information content (AvgIpc) is 3.32. The largest absolute Gasteiger partial charge is 0.453 e. The van der Waals surface area contributed by atoms with Crippen LogP contribution in [0.4, 0.5) is 4.79 Å². The second-order valence-electron chi connectivity index (χ2n) is 10.9. The van der Waals surface area contributed by atoms with E-state index in [0.717, 1.165) is 54.4 Å². The predicted molar refractivity (Wildman–Crippen MR) is 149 cm³/mol. The minimum atomic E-state index is -3.58. The van der Waals surface area contributed by atoms with E-state index < -0.39 is 15.9 Å². The van der Waals surface area contributed by atoms with Crippen molar-refractivity contribution < 1.29 is 22.7 Å². The van der Waals surface area contributed by atoms with Gasteiger partial charge in [0.05, 0.1) is 30.9 Å². The SMILES string of the molecule is COC(=O)N1CCc2ccc3c(nc(C4CCC(C(=O)NS(C)(=O)=O)CC4)n3[C@@H](C)Cc3ccccc3)c2C1. The highest BCUT2D eigenvalue weighted by Crippen LogP contribution is 2.40. The fraction of sp³-hybridized carbons (Fsp3) is 0.483. The highest BCUT2D eigenvalue weighted by atomic mass is 32.2. The van der Waals surface area contributed by atoms with Gasteiger partial charge in [-0.2, -0.15) is 0 Å². The summed E-state index contributed by atoms with van der Waals surface area (Å²) >= 11 is 0. The molecule has 0 bridgehead atoms. The third kappa shape index (κ3) is 5.80. The van der Waals surface area contributed by atoms with Gasteiger partial charge >= 0.3 is 6.09 Å². The van der Waals surface area contributed by atoms with Gasteiger partial charge in [0.15, 0.2) is 0 Å². The van der Waals surface area contributed by atoms with E-state index in [1.807, 2.05) is 6.07 Å². The number of fused-ring (bicyclic) bond motifs is 3. The Labute approximate surface area is 229 Å². The lowest BCUT2D eigenvalue weighted by atomic mass is 9.81. The van der Waals surface area contributed by atoms with Crippen LogP contribution >= 0.6 is 0 Å². The number of nitrogens with one attached hydrogen (secondary N) is 1. The average molecular weight is 553 g/mol. The number of benzene rings is 2. The lowest BCUT2D eigenvalue weighted by Gasteiger charge is -2.29. The molecule has 2 amide bonds. The Hall–Kier alpha value is -3.40. The number of sulfonamides is 1. The molecular formula is C29H36N4O5S. The summed E-state index contributed by atoms with van der Waals surface area (Å²) in [6.45, 7) is 3.28. The Kier molecular flexibility index (Phi) is 7.66. The van der Waals surface area contributed by atoms with E-state index in [1.165, 1.54) is 18.2 Å². The fourth-order valence-corrected chi connectivity index (χ4v) is 6.71. The summed E-state index contributed by atoms with van der Waals surface area (Å²) in [6.07, 6.45) is 4.99. The van der Waals surface area contributed by atoms with Crippen molar-refractivity contribution in [2.24, 2.45) is 5.92 Å². The molecular weight excluding hydrogens is 516 g/mol. The van der Waals surface area contributed by atoms with Crippen molar-refractivity contribution in [2.75, 3.05) is 19.9 Å². The van der Waals surface area contributed by atoms with Gasteiger partial charge < -0.3 is 14.2 Å². The van der Waals surface area contributed by atoms with Crippen LogP contribution in [-0.4, -0.2) is 54.8 Å². The maximum Gasteiger partial charge on any atom is 0.409 e. The molecule has 5 rings (SSSR count). The molecule has 9 nitrogen and oxygen atoms in total. The Morgan fingerprint density at radius 3 is 2.49 bits per heavy atom. The molecule has 2 heterocycles. The maximum atomic E-state index is 12.5. The summed E-state index contributed by atoms with van der Waals surface area (Å²) in [5.74, 6) is 0.406. The Balaban J connectivity index is 1.50. The number of rotatable bonds is 6. The van der Waals surface area contributed by atoms with Crippen LogP contribution in [0.3, 0.4) is 0 Å². The summed E-state index contributed by atoms with van der Waals surface area (Å²) in [5, 5.41) is 0. The molecule has 1 aliphatic carbocycles. The normalized spacial score (nSPS) is 20.3. The van der Waals surface area contributed by atoms with E-state index in [9.17, 15) is 18.0 Å². The Morgan fingerprint density at radius 2 is 1.82 bits per heavy atom. The first-order valence-corrected chi connectivity index (χ1v) is 15.4. The minimum absolute atomic E-state index is 0.136. The van der Waals surface area contributed by atoms with Crippen molar-refractivity contribution in [3.8, 4) is 0 Å². The molecule has 2 aliphatic rings. The predicted octanol–water partition coefficient (Wildman–Crippen LogP) is 4.31. The van der Waals surface area contributed by atoms with E-state index in [4.69, 9.17) is 9.72 Å². The van der Waals surface area contributed by atoms with Crippen LogP contribution in [0.2, 0.25) is 0 Å². The number of nitrogens with zero attached hydrogens (tertiary/aromatic N) is 3. The molecule has 1 fully saturated rings. The van der Waals surface area contributed by atoms with E-state index >= 15 is 0 Å². The molecule has 1 aromatic heterocycles. The second-order valence-corrected chi connectivity index (χ2v) is 12.6. The number of aromatic nitrogens is 2. The van der Waals surface area contributed by atoms with Gasteiger partial charge in [0.2, 0.25) is 15.9 Å². The first kappa shape index (κ1) is 27.2. The zero-order chi connectivity index (χ0) is 27.7. The van der Waals surface area contributed by atoms with Crippen LogP contribution in [0.5, 0.6) is 0 Å². The van der Waals surface area contributed by atoms with E-state index in [1.54, 1.807) is 4.90 Å². The van der Waals surface area contributed by atoms with Gasteiger partial charge in [0.25, 0.3) is 0 Å². The van der Waals surface area contributed by atoms with Crippen molar-refractivity contribution in [1.29, 1.82) is 0 Å². The smallest absolute Gasteiger partial charge is 0.409 e. The van der Waals surface area contributed by atoms with E-state index in [0.29, 0.717) is 25.9 Å². The number of hydrogen-bond acceptors (Lipinski definition) is 6. The molecule has 0 unspecified atom stereocenters. The molecule has 39 heavy (non-hydrogen) atoms. The van der Waals surface area contributed by atoms with Gasteiger partial charge in [-0.15, -0.1) is 0 Å².